The van der Waals surface area contributed by atoms with Crippen LogP contribution in [0.15, 0.2) is 16.7 Å². The van der Waals surface area contributed by atoms with Gasteiger partial charge in [-0.3, -0.25) is 0 Å². The lowest BCUT2D eigenvalue weighted by atomic mass is 10.3. The number of rotatable bonds is 1. The van der Waals surface area contributed by atoms with Gasteiger partial charge < -0.3 is 10.8 Å². The van der Waals surface area contributed by atoms with Crippen molar-refractivity contribution in [2.24, 2.45) is 0 Å². The van der Waals surface area contributed by atoms with E-state index in [2.05, 4.69) is 20.9 Å². The Morgan fingerprint density at radius 2 is 2.27 bits per heavy atom. The lowest BCUT2D eigenvalue weighted by molar-refractivity contribution is 0.0696. The summed E-state index contributed by atoms with van der Waals surface area (Å²) in [6.45, 7) is 0. The van der Waals surface area contributed by atoms with Gasteiger partial charge in [-0.15, -0.1) is 0 Å². The van der Waals surface area contributed by atoms with Crippen LogP contribution < -0.4 is 5.73 Å². The minimum absolute atomic E-state index is 0.129. The number of nitrogens with two attached hydrogens (primary N) is 1. The quantitative estimate of drug-likeness (QED) is 0.691. The summed E-state index contributed by atoms with van der Waals surface area (Å²) in [6.07, 6.45) is 0. The number of anilines is 1. The molecule has 0 saturated carbocycles. The fourth-order valence-electron chi connectivity index (χ4n) is 0.641. The summed E-state index contributed by atoms with van der Waals surface area (Å²) in [5.74, 6) is -0.823. The lowest BCUT2D eigenvalue weighted by Gasteiger charge is -1.96. The first-order chi connectivity index (χ1) is 5.09. The highest BCUT2D eigenvalue weighted by Gasteiger charge is 2.04. The standard InChI is InChI=1S/C6H5BrN2O2/c7-4-1-3(6(10)11)2-5(8)9-4/h1-2H,(H2,8,9)(H,10,11). The number of hydrogen-bond acceptors (Lipinski definition) is 3. The Morgan fingerprint density at radius 1 is 1.64 bits per heavy atom. The third kappa shape index (κ3) is 1.91. The fourth-order valence-corrected chi connectivity index (χ4v) is 1.09. The van der Waals surface area contributed by atoms with E-state index in [1.807, 2.05) is 0 Å². The molecule has 5 heteroatoms. The van der Waals surface area contributed by atoms with Crippen molar-refractivity contribution in [1.29, 1.82) is 0 Å². The van der Waals surface area contributed by atoms with Gasteiger partial charge in [0.25, 0.3) is 0 Å². The summed E-state index contributed by atoms with van der Waals surface area (Å²) in [5, 5.41) is 8.53. The molecule has 58 valence electrons. The molecule has 0 radical (unpaired) electrons. The molecule has 0 atom stereocenters. The zero-order valence-electron chi connectivity index (χ0n) is 5.41. The third-order valence-electron chi connectivity index (χ3n) is 1.06. The van der Waals surface area contributed by atoms with Crippen LogP contribution in [0, 0.1) is 0 Å². The zero-order chi connectivity index (χ0) is 8.43. The molecule has 0 amide bonds. The molecule has 1 aromatic heterocycles. The summed E-state index contributed by atoms with van der Waals surface area (Å²) < 4.78 is 0.426. The molecule has 1 aromatic rings. The van der Waals surface area contributed by atoms with Gasteiger partial charge in [0, 0.05) is 0 Å². The van der Waals surface area contributed by atoms with E-state index in [9.17, 15) is 4.79 Å². The van der Waals surface area contributed by atoms with Crippen LogP contribution in [0.25, 0.3) is 0 Å². The molecule has 0 fully saturated rings. The second-order valence-electron chi connectivity index (χ2n) is 1.91. The van der Waals surface area contributed by atoms with Crippen LogP contribution in [0.4, 0.5) is 5.82 Å². The summed E-state index contributed by atoms with van der Waals surface area (Å²) in [4.78, 5) is 14.1. The monoisotopic (exact) mass is 216 g/mol. The van der Waals surface area contributed by atoms with E-state index in [0.29, 0.717) is 4.60 Å². The molecule has 4 nitrogen and oxygen atoms in total. The van der Waals surface area contributed by atoms with Crippen LogP contribution in [0.1, 0.15) is 10.4 Å². The Kier molecular flexibility index (Phi) is 2.09. The van der Waals surface area contributed by atoms with Gasteiger partial charge in [-0.2, -0.15) is 0 Å². The van der Waals surface area contributed by atoms with E-state index in [0.717, 1.165) is 0 Å². The van der Waals surface area contributed by atoms with Gasteiger partial charge in [0.1, 0.15) is 10.4 Å². The second kappa shape index (κ2) is 2.87. The molecule has 3 N–H and O–H groups in total. The van der Waals surface area contributed by atoms with E-state index in [-0.39, 0.29) is 11.4 Å². The molecule has 1 heterocycles. The molecule has 0 saturated heterocycles. The summed E-state index contributed by atoms with van der Waals surface area (Å²) in [5.41, 5.74) is 5.42. The van der Waals surface area contributed by atoms with Crippen LogP contribution in [0.5, 0.6) is 0 Å². The number of nitrogens with zero attached hydrogens (tertiary/aromatic N) is 1. The van der Waals surface area contributed by atoms with Crippen molar-refractivity contribution >= 4 is 27.7 Å². The molecular weight excluding hydrogens is 212 g/mol. The van der Waals surface area contributed by atoms with Crippen molar-refractivity contribution in [2.45, 2.75) is 0 Å². The number of aromatic nitrogens is 1. The first-order valence-electron chi connectivity index (χ1n) is 2.76. The molecule has 0 aliphatic carbocycles. The van der Waals surface area contributed by atoms with Crippen LogP contribution in [-0.2, 0) is 0 Å². The van der Waals surface area contributed by atoms with Crippen molar-refractivity contribution in [3.05, 3.63) is 22.3 Å². The molecule has 0 aromatic carbocycles. The summed E-state index contributed by atoms with van der Waals surface area (Å²) >= 11 is 3.03. The second-order valence-corrected chi connectivity index (χ2v) is 2.72. The van der Waals surface area contributed by atoms with Crippen LogP contribution in [0.2, 0.25) is 0 Å². The van der Waals surface area contributed by atoms with Crippen molar-refractivity contribution in [1.82, 2.24) is 4.98 Å². The molecule has 11 heavy (non-hydrogen) atoms. The third-order valence-corrected chi connectivity index (χ3v) is 1.47. The van der Waals surface area contributed by atoms with E-state index < -0.39 is 5.97 Å². The number of hydrogen-bond donors (Lipinski definition) is 2. The SMILES string of the molecule is Nc1cc(C(=O)O)cc(Br)n1. The van der Waals surface area contributed by atoms with Gasteiger partial charge in [0.2, 0.25) is 0 Å². The Morgan fingerprint density at radius 3 is 2.73 bits per heavy atom. The smallest absolute Gasteiger partial charge is 0.335 e. The largest absolute Gasteiger partial charge is 0.478 e. The topological polar surface area (TPSA) is 76.2 Å². The minimum atomic E-state index is -1.01. The maximum atomic E-state index is 10.4. The van der Waals surface area contributed by atoms with Crippen LogP contribution in [-0.4, -0.2) is 16.1 Å². The van der Waals surface area contributed by atoms with E-state index in [1.54, 1.807) is 0 Å². The number of nitrogen functional groups attached to an aromatic ring is 1. The zero-order valence-corrected chi connectivity index (χ0v) is 7.00. The molecule has 0 bridgehead atoms. The van der Waals surface area contributed by atoms with Gasteiger partial charge in [0.15, 0.2) is 0 Å². The van der Waals surface area contributed by atoms with Crippen molar-refractivity contribution in [3.63, 3.8) is 0 Å². The maximum Gasteiger partial charge on any atom is 0.335 e. The van der Waals surface area contributed by atoms with Gasteiger partial charge in [-0.05, 0) is 28.1 Å². The van der Waals surface area contributed by atoms with Gasteiger partial charge in [-0.25, -0.2) is 9.78 Å². The van der Waals surface area contributed by atoms with Crippen molar-refractivity contribution in [3.8, 4) is 0 Å². The van der Waals surface area contributed by atoms with Gasteiger partial charge in [-0.1, -0.05) is 0 Å². The maximum absolute atomic E-state index is 10.4. The van der Waals surface area contributed by atoms with Crippen molar-refractivity contribution in [2.75, 3.05) is 5.73 Å². The number of carbonyl (C=O) groups is 1. The molecule has 0 aliphatic rings. The first kappa shape index (κ1) is 8.00. The number of aromatic carboxylic acids is 1. The number of halogens is 1. The van der Waals surface area contributed by atoms with Gasteiger partial charge >= 0.3 is 5.97 Å². The summed E-state index contributed by atoms with van der Waals surface area (Å²) in [6, 6.07) is 2.69. The van der Waals surface area contributed by atoms with Gasteiger partial charge in [0.05, 0.1) is 5.56 Å². The van der Waals surface area contributed by atoms with Crippen LogP contribution in [0.3, 0.4) is 0 Å². The average Bonchev–Trinajstić information content (AvgIpc) is 1.85. The summed E-state index contributed by atoms with van der Waals surface area (Å²) in [7, 11) is 0. The molecule has 0 unspecified atom stereocenters. The van der Waals surface area contributed by atoms with E-state index in [1.165, 1.54) is 12.1 Å². The van der Waals surface area contributed by atoms with E-state index >= 15 is 0 Å². The Hall–Kier alpha value is -1.10. The number of carboxylic acids is 1. The fraction of sp³-hybridized carbons (Fsp3) is 0. The molecule has 0 aliphatic heterocycles. The van der Waals surface area contributed by atoms with Crippen molar-refractivity contribution < 1.29 is 9.90 Å². The average molecular weight is 217 g/mol. The van der Waals surface area contributed by atoms with E-state index in [4.69, 9.17) is 10.8 Å². The first-order valence-corrected chi connectivity index (χ1v) is 3.55. The molecular formula is C6H5BrN2O2. The number of pyridine rings is 1. The van der Waals surface area contributed by atoms with Crippen LogP contribution >= 0.6 is 15.9 Å². The molecule has 0 spiro atoms. The Labute approximate surface area is 71.2 Å². The normalized spacial score (nSPS) is 9.55. The predicted octanol–water partition coefficient (Wildman–Crippen LogP) is 1.12. The Balaban J connectivity index is 3.19. The molecule has 1 rings (SSSR count). The Bertz CT molecular complexity index is 280. The predicted molar refractivity (Wildman–Crippen MR) is 43.3 cm³/mol. The lowest BCUT2D eigenvalue weighted by Crippen LogP contribution is -1.99. The highest BCUT2D eigenvalue weighted by atomic mass is 79.9. The highest BCUT2D eigenvalue weighted by molar-refractivity contribution is 9.10. The minimum Gasteiger partial charge on any atom is -0.478 e. The highest BCUT2D eigenvalue weighted by Crippen LogP contribution is 2.12. The number of carboxylic acid groups (broad SMARTS) is 1.